The quantitative estimate of drug-likeness (QED) is 0.426. The molecule has 8 nitrogen and oxygen atoms in total. The third-order valence-corrected chi connectivity index (χ3v) is 4.95. The summed E-state index contributed by atoms with van der Waals surface area (Å²) in [6.45, 7) is 2.08. The lowest BCUT2D eigenvalue weighted by molar-refractivity contribution is 0.371. The number of nitrogens with zero attached hydrogens (tertiary/aromatic N) is 6. The predicted molar refractivity (Wildman–Crippen MR) is 116 cm³/mol. The van der Waals surface area contributed by atoms with Crippen LogP contribution >= 0.6 is 0 Å². The van der Waals surface area contributed by atoms with Crippen LogP contribution in [0.15, 0.2) is 77.6 Å². The minimum absolute atomic E-state index is 0.325. The summed E-state index contributed by atoms with van der Waals surface area (Å²) in [5.74, 6) is 2.44. The molecule has 31 heavy (non-hydrogen) atoms. The van der Waals surface area contributed by atoms with Crippen LogP contribution in [0.3, 0.4) is 0 Å². The molecular weight excluding hydrogens is 390 g/mol. The monoisotopic (exact) mass is 411 g/mol. The number of hydrogen-bond acceptors (Lipinski definition) is 7. The van der Waals surface area contributed by atoms with Crippen molar-refractivity contribution < 1.29 is 4.52 Å². The van der Waals surface area contributed by atoms with Gasteiger partial charge < -0.3 is 9.84 Å². The van der Waals surface area contributed by atoms with E-state index in [1.54, 1.807) is 4.52 Å². The average molecular weight is 411 g/mol. The summed E-state index contributed by atoms with van der Waals surface area (Å²) in [5.41, 5.74) is 2.81. The number of anilines is 1. The van der Waals surface area contributed by atoms with Gasteiger partial charge in [-0.1, -0.05) is 72.7 Å². The van der Waals surface area contributed by atoms with Crippen LogP contribution in [0.1, 0.15) is 36.7 Å². The molecule has 0 amide bonds. The van der Waals surface area contributed by atoms with E-state index in [9.17, 15) is 0 Å². The number of hydrogen-bond donors (Lipinski definition) is 1. The van der Waals surface area contributed by atoms with E-state index in [2.05, 4.69) is 37.4 Å². The number of benzene rings is 2. The van der Waals surface area contributed by atoms with Gasteiger partial charge in [-0.2, -0.15) is 19.6 Å². The summed E-state index contributed by atoms with van der Waals surface area (Å²) in [5, 5.41) is 12.1. The number of rotatable bonds is 7. The van der Waals surface area contributed by atoms with Crippen molar-refractivity contribution in [3.63, 3.8) is 0 Å². The van der Waals surface area contributed by atoms with Crippen LogP contribution < -0.4 is 5.32 Å². The van der Waals surface area contributed by atoms with Gasteiger partial charge in [0, 0.05) is 18.1 Å². The van der Waals surface area contributed by atoms with Crippen molar-refractivity contribution in [2.75, 3.05) is 5.32 Å². The molecule has 2 aromatic carbocycles. The summed E-state index contributed by atoms with van der Waals surface area (Å²) in [6.07, 6.45) is 3.18. The molecule has 0 saturated heterocycles. The van der Waals surface area contributed by atoms with Gasteiger partial charge in [0.05, 0.1) is 5.69 Å². The number of fused-ring (bicyclic) bond motifs is 1. The molecule has 0 aliphatic heterocycles. The summed E-state index contributed by atoms with van der Waals surface area (Å²) in [6, 6.07) is 21.6. The van der Waals surface area contributed by atoms with Crippen LogP contribution in [0.2, 0.25) is 0 Å². The number of nitrogens with one attached hydrogen (secondary N) is 1. The van der Waals surface area contributed by atoms with Crippen molar-refractivity contribution in [1.82, 2.24) is 29.7 Å². The number of aryl methyl sites for hydroxylation is 1. The van der Waals surface area contributed by atoms with Crippen LogP contribution in [0.25, 0.3) is 17.0 Å². The van der Waals surface area contributed by atoms with Gasteiger partial charge in [-0.25, -0.2) is 4.98 Å². The standard InChI is InChI=1S/C23H21N7O/c1-2-9-20-28-22(29-31-20)21(17-12-7-4-8-13-17)27-19-14-18(16-10-5-3-6-11-16)26-23-24-15-25-30(19)23/h3-8,10-15,21,27H,2,9H2,1H3. The van der Waals surface area contributed by atoms with Crippen LogP contribution in [0.5, 0.6) is 0 Å². The van der Waals surface area contributed by atoms with E-state index < -0.39 is 0 Å². The van der Waals surface area contributed by atoms with E-state index in [1.165, 1.54) is 6.33 Å². The minimum Gasteiger partial charge on any atom is -0.356 e. The minimum atomic E-state index is -0.325. The predicted octanol–water partition coefficient (Wildman–Crippen LogP) is 4.33. The molecule has 0 radical (unpaired) electrons. The highest BCUT2D eigenvalue weighted by Gasteiger charge is 2.22. The summed E-state index contributed by atoms with van der Waals surface area (Å²) >= 11 is 0. The van der Waals surface area contributed by atoms with Crippen LogP contribution in [-0.4, -0.2) is 29.7 Å². The van der Waals surface area contributed by atoms with Gasteiger partial charge >= 0.3 is 0 Å². The normalized spacial score (nSPS) is 12.2. The maximum Gasteiger partial charge on any atom is 0.254 e. The zero-order chi connectivity index (χ0) is 21.0. The third-order valence-electron chi connectivity index (χ3n) is 4.95. The molecule has 5 aromatic rings. The molecule has 1 N–H and O–H groups in total. The Hall–Kier alpha value is -4.07. The van der Waals surface area contributed by atoms with E-state index in [1.807, 2.05) is 66.7 Å². The van der Waals surface area contributed by atoms with Crippen molar-refractivity contribution >= 4 is 11.6 Å². The fraction of sp³-hybridized carbons (Fsp3) is 0.174. The topological polar surface area (TPSA) is 94.0 Å². The van der Waals surface area contributed by atoms with Gasteiger partial charge in [-0.3, -0.25) is 0 Å². The molecule has 0 saturated carbocycles. The van der Waals surface area contributed by atoms with Crippen LogP contribution in [-0.2, 0) is 6.42 Å². The number of aromatic nitrogens is 6. The highest BCUT2D eigenvalue weighted by atomic mass is 16.5. The molecule has 0 fully saturated rings. The Balaban J connectivity index is 1.59. The maximum atomic E-state index is 5.46. The SMILES string of the molecule is CCCc1nc(C(Nc2cc(-c3ccccc3)nc3ncnn23)c2ccccc2)no1. The van der Waals surface area contributed by atoms with Gasteiger partial charge in [0.1, 0.15) is 18.2 Å². The second kappa shape index (κ2) is 8.35. The van der Waals surface area contributed by atoms with Gasteiger partial charge in [0.15, 0.2) is 5.82 Å². The zero-order valence-electron chi connectivity index (χ0n) is 17.0. The molecule has 1 unspecified atom stereocenters. The summed E-state index contributed by atoms with van der Waals surface area (Å²) in [4.78, 5) is 13.6. The van der Waals surface area contributed by atoms with Crippen LogP contribution in [0.4, 0.5) is 5.82 Å². The molecule has 3 aromatic heterocycles. The summed E-state index contributed by atoms with van der Waals surface area (Å²) < 4.78 is 7.14. The first-order chi connectivity index (χ1) is 15.3. The fourth-order valence-electron chi connectivity index (χ4n) is 3.46. The van der Waals surface area contributed by atoms with Crippen molar-refractivity contribution in [2.45, 2.75) is 25.8 Å². The molecule has 0 spiro atoms. The average Bonchev–Trinajstić information content (AvgIpc) is 3.48. The van der Waals surface area contributed by atoms with E-state index in [4.69, 9.17) is 4.52 Å². The Labute approximate surface area is 179 Å². The zero-order valence-corrected chi connectivity index (χ0v) is 17.0. The molecule has 5 rings (SSSR count). The molecule has 1 atom stereocenters. The third kappa shape index (κ3) is 3.87. The second-order valence-corrected chi connectivity index (χ2v) is 7.15. The van der Waals surface area contributed by atoms with Gasteiger partial charge in [-0.15, -0.1) is 0 Å². The summed E-state index contributed by atoms with van der Waals surface area (Å²) in [7, 11) is 0. The Bertz CT molecular complexity index is 1280. The lowest BCUT2D eigenvalue weighted by Crippen LogP contribution is -2.17. The van der Waals surface area contributed by atoms with E-state index >= 15 is 0 Å². The molecule has 154 valence electrons. The molecule has 0 aliphatic carbocycles. The van der Waals surface area contributed by atoms with E-state index in [-0.39, 0.29) is 6.04 Å². The first-order valence-electron chi connectivity index (χ1n) is 10.2. The highest BCUT2D eigenvalue weighted by molar-refractivity contribution is 5.65. The lowest BCUT2D eigenvalue weighted by Gasteiger charge is -2.18. The fourth-order valence-corrected chi connectivity index (χ4v) is 3.46. The van der Waals surface area contributed by atoms with Gasteiger partial charge in [-0.05, 0) is 12.0 Å². The Morgan fingerprint density at radius 2 is 1.77 bits per heavy atom. The molecule has 8 heteroatoms. The Kier molecular flexibility index (Phi) is 5.10. The lowest BCUT2D eigenvalue weighted by atomic mass is 10.1. The smallest absolute Gasteiger partial charge is 0.254 e. The van der Waals surface area contributed by atoms with E-state index in [0.29, 0.717) is 17.5 Å². The molecule has 0 aliphatic rings. The van der Waals surface area contributed by atoms with Crippen molar-refractivity contribution in [1.29, 1.82) is 0 Å². The Morgan fingerprint density at radius 1 is 1.00 bits per heavy atom. The second-order valence-electron chi connectivity index (χ2n) is 7.15. The maximum absolute atomic E-state index is 5.46. The van der Waals surface area contributed by atoms with Crippen molar-refractivity contribution in [3.05, 3.63) is 90.3 Å². The van der Waals surface area contributed by atoms with Crippen LogP contribution in [0, 0.1) is 0 Å². The molecule has 3 heterocycles. The Morgan fingerprint density at radius 3 is 2.55 bits per heavy atom. The van der Waals surface area contributed by atoms with Crippen molar-refractivity contribution in [2.24, 2.45) is 0 Å². The van der Waals surface area contributed by atoms with Gasteiger partial charge in [0.2, 0.25) is 5.89 Å². The first kappa shape index (κ1) is 18.9. The van der Waals surface area contributed by atoms with E-state index in [0.717, 1.165) is 35.5 Å². The largest absolute Gasteiger partial charge is 0.356 e. The first-order valence-corrected chi connectivity index (χ1v) is 10.2. The molecule has 0 bridgehead atoms. The highest BCUT2D eigenvalue weighted by Crippen LogP contribution is 2.27. The van der Waals surface area contributed by atoms with Crippen molar-refractivity contribution in [3.8, 4) is 11.3 Å². The van der Waals surface area contributed by atoms with Gasteiger partial charge in [0.25, 0.3) is 5.78 Å². The molecular formula is C23H21N7O.